The van der Waals surface area contributed by atoms with E-state index in [0.29, 0.717) is 11.5 Å². The summed E-state index contributed by atoms with van der Waals surface area (Å²) in [7, 11) is -3.86. The van der Waals surface area contributed by atoms with Crippen LogP contribution in [0.5, 0.6) is 11.5 Å². The van der Waals surface area contributed by atoms with E-state index in [4.69, 9.17) is 9.94 Å². The van der Waals surface area contributed by atoms with Gasteiger partial charge in [-0.25, -0.2) is 18.6 Å². The van der Waals surface area contributed by atoms with Gasteiger partial charge in [0, 0.05) is 5.54 Å². The summed E-state index contributed by atoms with van der Waals surface area (Å²) in [6, 6.07) is 15.1. The summed E-state index contributed by atoms with van der Waals surface area (Å²) in [4.78, 5) is 11.6. The number of hydrogen-bond acceptors (Lipinski definition) is 5. The van der Waals surface area contributed by atoms with Gasteiger partial charge in [0.1, 0.15) is 11.5 Å². The maximum Gasteiger partial charge on any atom is 0.248 e. The Morgan fingerprint density at radius 2 is 1.58 bits per heavy atom. The second-order valence-electron chi connectivity index (χ2n) is 6.41. The van der Waals surface area contributed by atoms with Crippen LogP contribution in [0.25, 0.3) is 0 Å². The zero-order valence-electron chi connectivity index (χ0n) is 14.8. The number of rotatable bonds is 7. The molecule has 2 aromatic rings. The summed E-state index contributed by atoms with van der Waals surface area (Å²) in [5.74, 6) is -0.319. The molecule has 0 saturated carbocycles. The van der Waals surface area contributed by atoms with Gasteiger partial charge in [-0.3, -0.25) is 10.0 Å². The van der Waals surface area contributed by atoms with Crippen LogP contribution in [0.2, 0.25) is 0 Å². The highest BCUT2D eigenvalue weighted by Gasteiger charge is 2.35. The van der Waals surface area contributed by atoms with Crippen LogP contribution in [-0.2, 0) is 14.8 Å². The van der Waals surface area contributed by atoms with Crippen LogP contribution in [0.4, 0.5) is 0 Å². The quantitative estimate of drug-likeness (QED) is 0.507. The van der Waals surface area contributed by atoms with Crippen molar-refractivity contribution in [3.05, 3.63) is 54.6 Å². The summed E-state index contributed by atoms with van der Waals surface area (Å²) in [6.45, 7) is 4.65. The Bertz CT molecular complexity index is 849. The van der Waals surface area contributed by atoms with Gasteiger partial charge in [-0.2, -0.15) is 0 Å². The van der Waals surface area contributed by atoms with Crippen molar-refractivity contribution in [2.75, 3.05) is 0 Å². The van der Waals surface area contributed by atoms with E-state index in [0.717, 1.165) is 0 Å². The number of carbonyl (C=O) groups excluding carboxylic acids is 1. The fraction of sp³-hybridized carbons (Fsp3) is 0.278. The van der Waals surface area contributed by atoms with Crippen molar-refractivity contribution in [2.24, 2.45) is 5.92 Å². The minimum Gasteiger partial charge on any atom is -0.457 e. The molecule has 1 unspecified atom stereocenters. The number of hydroxylamine groups is 1. The molecule has 0 aromatic heterocycles. The number of amides is 1. The number of carbonyl (C=O) groups is 1. The van der Waals surface area contributed by atoms with E-state index in [-0.39, 0.29) is 4.90 Å². The molecule has 7 nitrogen and oxygen atoms in total. The highest BCUT2D eigenvalue weighted by Crippen LogP contribution is 2.24. The average Bonchev–Trinajstić information content (AvgIpc) is 2.61. The topological polar surface area (TPSA) is 105 Å². The molecule has 0 aliphatic heterocycles. The third kappa shape index (κ3) is 4.81. The Hall–Kier alpha value is -2.42. The number of hydrogen-bond donors (Lipinski definition) is 3. The summed E-state index contributed by atoms with van der Waals surface area (Å²) >= 11 is 0. The summed E-state index contributed by atoms with van der Waals surface area (Å²) in [6.07, 6.45) is 0. The number of sulfonamides is 1. The predicted molar refractivity (Wildman–Crippen MR) is 96.5 cm³/mol. The first kappa shape index (κ1) is 19.9. The van der Waals surface area contributed by atoms with E-state index < -0.39 is 27.4 Å². The molecule has 26 heavy (non-hydrogen) atoms. The van der Waals surface area contributed by atoms with E-state index in [9.17, 15) is 13.2 Å². The van der Waals surface area contributed by atoms with Gasteiger partial charge in [-0.1, -0.05) is 25.1 Å². The van der Waals surface area contributed by atoms with Crippen LogP contribution < -0.4 is 14.9 Å². The van der Waals surface area contributed by atoms with E-state index >= 15 is 0 Å². The zero-order valence-corrected chi connectivity index (χ0v) is 15.6. The van der Waals surface area contributed by atoms with Crippen molar-refractivity contribution in [3.63, 3.8) is 0 Å². The SMILES string of the molecule is CC(C(=O)NO)C(C)(C)NS(=O)(=O)c1ccc(Oc2ccccc2)cc1. The van der Waals surface area contributed by atoms with Crippen LogP contribution in [-0.4, -0.2) is 25.1 Å². The van der Waals surface area contributed by atoms with Gasteiger partial charge in [0.25, 0.3) is 0 Å². The van der Waals surface area contributed by atoms with Crippen molar-refractivity contribution in [2.45, 2.75) is 31.2 Å². The van der Waals surface area contributed by atoms with Crippen LogP contribution in [0.15, 0.2) is 59.5 Å². The van der Waals surface area contributed by atoms with Crippen molar-refractivity contribution >= 4 is 15.9 Å². The fourth-order valence-electron chi connectivity index (χ4n) is 2.23. The van der Waals surface area contributed by atoms with Crippen molar-refractivity contribution < 1.29 is 23.2 Å². The average molecular weight is 378 g/mol. The first-order valence-electron chi connectivity index (χ1n) is 7.96. The number of para-hydroxylation sites is 1. The smallest absolute Gasteiger partial charge is 0.248 e. The summed E-state index contributed by atoms with van der Waals surface area (Å²) in [5, 5.41) is 8.74. The molecule has 0 radical (unpaired) electrons. The molecule has 2 rings (SSSR count). The first-order chi connectivity index (χ1) is 12.2. The Kier molecular flexibility index (Phi) is 6.01. The molecule has 0 aliphatic rings. The second kappa shape index (κ2) is 7.86. The van der Waals surface area contributed by atoms with E-state index in [1.165, 1.54) is 24.5 Å². The lowest BCUT2D eigenvalue weighted by molar-refractivity contribution is -0.134. The molecule has 0 spiro atoms. The molecule has 3 N–H and O–H groups in total. The maximum atomic E-state index is 12.6. The van der Waals surface area contributed by atoms with E-state index in [1.807, 2.05) is 18.2 Å². The van der Waals surface area contributed by atoms with Crippen molar-refractivity contribution in [1.82, 2.24) is 10.2 Å². The largest absolute Gasteiger partial charge is 0.457 e. The minimum atomic E-state index is -3.86. The molecule has 140 valence electrons. The van der Waals surface area contributed by atoms with Crippen molar-refractivity contribution in [1.29, 1.82) is 0 Å². The predicted octanol–water partition coefficient (Wildman–Crippen LogP) is 2.68. The van der Waals surface area contributed by atoms with Crippen LogP contribution in [0.3, 0.4) is 0 Å². The first-order valence-corrected chi connectivity index (χ1v) is 9.45. The number of benzene rings is 2. The lowest BCUT2D eigenvalue weighted by atomic mass is 9.90. The van der Waals surface area contributed by atoms with Gasteiger partial charge < -0.3 is 4.74 Å². The third-order valence-electron chi connectivity index (χ3n) is 4.10. The van der Waals surface area contributed by atoms with Gasteiger partial charge >= 0.3 is 0 Å². The molecule has 0 heterocycles. The lowest BCUT2D eigenvalue weighted by Gasteiger charge is -2.31. The van der Waals surface area contributed by atoms with Crippen molar-refractivity contribution in [3.8, 4) is 11.5 Å². The Balaban J connectivity index is 2.15. The van der Waals surface area contributed by atoms with Crippen LogP contribution in [0, 0.1) is 5.92 Å². The summed E-state index contributed by atoms with van der Waals surface area (Å²) < 4.78 is 33.3. The molecule has 1 amide bonds. The minimum absolute atomic E-state index is 0.0441. The van der Waals surface area contributed by atoms with Gasteiger partial charge in [-0.05, 0) is 50.2 Å². The molecule has 8 heteroatoms. The molecule has 0 fully saturated rings. The molecule has 0 aliphatic carbocycles. The molecule has 0 saturated heterocycles. The Morgan fingerprint density at radius 1 is 1.04 bits per heavy atom. The van der Waals surface area contributed by atoms with E-state index in [1.54, 1.807) is 38.1 Å². The monoisotopic (exact) mass is 378 g/mol. The zero-order chi connectivity index (χ0) is 19.4. The standard InChI is InChI=1S/C18H22N2O5S/c1-13(17(21)19-22)18(2,3)20-26(23,24)16-11-9-15(10-12-16)25-14-7-5-4-6-8-14/h4-13,20,22H,1-3H3,(H,19,21). The summed E-state index contributed by atoms with van der Waals surface area (Å²) in [5.41, 5.74) is 0.430. The Labute approximate surface area is 153 Å². The molecule has 1 atom stereocenters. The molecular formula is C18H22N2O5S. The highest BCUT2D eigenvalue weighted by molar-refractivity contribution is 7.89. The van der Waals surface area contributed by atoms with Crippen LogP contribution in [0.1, 0.15) is 20.8 Å². The maximum absolute atomic E-state index is 12.6. The fourth-order valence-corrected chi connectivity index (χ4v) is 3.71. The normalized spacial score (nSPS) is 13.1. The molecular weight excluding hydrogens is 356 g/mol. The number of ether oxygens (including phenoxy) is 1. The number of nitrogens with one attached hydrogen (secondary N) is 2. The van der Waals surface area contributed by atoms with Crippen LogP contribution >= 0.6 is 0 Å². The third-order valence-corrected chi connectivity index (χ3v) is 5.78. The van der Waals surface area contributed by atoms with E-state index in [2.05, 4.69) is 4.72 Å². The Morgan fingerprint density at radius 3 is 2.12 bits per heavy atom. The van der Waals surface area contributed by atoms with Gasteiger partial charge in [-0.15, -0.1) is 0 Å². The highest BCUT2D eigenvalue weighted by atomic mass is 32.2. The lowest BCUT2D eigenvalue weighted by Crippen LogP contribution is -2.52. The molecule has 2 aromatic carbocycles. The van der Waals surface area contributed by atoms with Gasteiger partial charge in [0.05, 0.1) is 10.8 Å². The second-order valence-corrected chi connectivity index (χ2v) is 8.09. The molecule has 0 bridgehead atoms. The van der Waals surface area contributed by atoms with Gasteiger partial charge in [0.2, 0.25) is 15.9 Å². The van der Waals surface area contributed by atoms with Gasteiger partial charge in [0.15, 0.2) is 0 Å².